The molecule has 2 rings (SSSR count). The Morgan fingerprint density at radius 1 is 1.09 bits per heavy atom. The smallest absolute Gasteiger partial charge is 0.267 e. The fraction of sp³-hybridized carbons (Fsp3) is 0. The zero-order chi connectivity index (χ0) is 16.2. The zero-order valence-corrected chi connectivity index (χ0v) is 12.6. The van der Waals surface area contributed by atoms with E-state index in [-0.39, 0.29) is 15.5 Å². The van der Waals surface area contributed by atoms with Crippen LogP contribution in [0.2, 0.25) is 5.02 Å². The largest absolute Gasteiger partial charge is 0.273 e. The highest BCUT2D eigenvalue weighted by Gasteiger charge is 2.16. The summed E-state index contributed by atoms with van der Waals surface area (Å²) in [5.74, 6) is -0.678. The summed E-state index contributed by atoms with van der Waals surface area (Å²) in [6, 6.07) is 13.4. The first kappa shape index (κ1) is 16.0. The summed E-state index contributed by atoms with van der Waals surface area (Å²) in [4.78, 5) is 13.8. The average molecular weight is 336 g/mol. The van der Waals surface area contributed by atoms with E-state index in [2.05, 4.69) is 5.43 Å². The predicted molar refractivity (Wildman–Crippen MR) is 80.4 cm³/mol. The number of hydrazine groups is 1. The van der Waals surface area contributed by atoms with Gasteiger partial charge in [0.25, 0.3) is 15.9 Å². The number of nitrogens with one attached hydrogen (secondary N) is 2. The molecule has 0 aliphatic carbocycles. The number of carbonyl (C=O) groups is 1. The Morgan fingerprint density at radius 2 is 1.73 bits per heavy atom. The minimum Gasteiger partial charge on any atom is -0.273 e. The van der Waals surface area contributed by atoms with Crippen molar-refractivity contribution >= 4 is 27.5 Å². The Balaban J connectivity index is 2.11. The third kappa shape index (κ3) is 3.62. The van der Waals surface area contributed by atoms with Crippen LogP contribution in [0.1, 0.15) is 15.9 Å². The molecular formula is C14H10ClN3O3S. The van der Waals surface area contributed by atoms with Gasteiger partial charge < -0.3 is 0 Å². The summed E-state index contributed by atoms with van der Waals surface area (Å²) < 4.78 is 24.0. The number of sulfonamides is 1. The minimum atomic E-state index is -3.94. The first-order chi connectivity index (χ1) is 10.4. The molecule has 6 nitrogen and oxygen atoms in total. The topological polar surface area (TPSA) is 99.1 Å². The Labute approximate surface area is 132 Å². The van der Waals surface area contributed by atoms with Crippen LogP contribution in [-0.4, -0.2) is 14.3 Å². The lowest BCUT2D eigenvalue weighted by molar-refractivity contribution is 0.0945. The van der Waals surface area contributed by atoms with Gasteiger partial charge in [-0.1, -0.05) is 23.7 Å². The van der Waals surface area contributed by atoms with Gasteiger partial charge in [-0.25, -0.2) is 8.42 Å². The number of nitriles is 1. The fourth-order valence-corrected chi connectivity index (χ4v) is 2.65. The Morgan fingerprint density at radius 3 is 2.32 bits per heavy atom. The van der Waals surface area contributed by atoms with Crippen molar-refractivity contribution < 1.29 is 13.2 Å². The lowest BCUT2D eigenvalue weighted by Crippen LogP contribution is -2.41. The quantitative estimate of drug-likeness (QED) is 0.833. The maximum absolute atomic E-state index is 12.0. The van der Waals surface area contributed by atoms with Gasteiger partial charge in [-0.05, 0) is 36.4 Å². The van der Waals surface area contributed by atoms with Crippen LogP contribution in [0.5, 0.6) is 0 Å². The molecule has 2 aromatic rings. The van der Waals surface area contributed by atoms with Crippen LogP contribution in [0.3, 0.4) is 0 Å². The van der Waals surface area contributed by atoms with Gasteiger partial charge in [0.1, 0.15) is 0 Å². The van der Waals surface area contributed by atoms with Crippen LogP contribution < -0.4 is 10.3 Å². The monoisotopic (exact) mass is 335 g/mol. The van der Waals surface area contributed by atoms with E-state index >= 15 is 0 Å². The summed E-state index contributed by atoms with van der Waals surface area (Å²) in [6.07, 6.45) is 0. The molecular weight excluding hydrogens is 326 g/mol. The number of hydrogen-bond acceptors (Lipinski definition) is 4. The van der Waals surface area contributed by atoms with Crippen molar-refractivity contribution in [2.75, 3.05) is 0 Å². The number of carbonyl (C=O) groups excluding carboxylic acids is 1. The number of amides is 1. The minimum absolute atomic E-state index is 0.0778. The fourth-order valence-electron chi connectivity index (χ4n) is 1.59. The van der Waals surface area contributed by atoms with E-state index in [0.717, 1.165) is 0 Å². The molecule has 0 saturated carbocycles. The molecule has 0 aromatic heterocycles. The summed E-state index contributed by atoms with van der Waals surface area (Å²) in [5, 5.41) is 8.88. The second-order valence-electron chi connectivity index (χ2n) is 4.18. The predicted octanol–water partition coefficient (Wildman–Crippen LogP) is 1.83. The van der Waals surface area contributed by atoms with Crippen molar-refractivity contribution in [1.82, 2.24) is 10.3 Å². The lowest BCUT2D eigenvalue weighted by Gasteiger charge is -2.09. The normalized spacial score (nSPS) is 10.7. The van der Waals surface area contributed by atoms with Crippen molar-refractivity contribution in [2.45, 2.75) is 4.90 Å². The first-order valence-corrected chi connectivity index (χ1v) is 7.87. The number of nitrogens with zero attached hydrogens (tertiary/aromatic N) is 1. The second-order valence-corrected chi connectivity index (χ2v) is 6.27. The van der Waals surface area contributed by atoms with E-state index in [9.17, 15) is 13.2 Å². The average Bonchev–Trinajstić information content (AvgIpc) is 2.53. The maximum atomic E-state index is 12.0. The number of rotatable bonds is 4. The van der Waals surface area contributed by atoms with Crippen molar-refractivity contribution in [1.29, 1.82) is 5.26 Å². The molecule has 0 saturated heterocycles. The summed E-state index contributed by atoms with van der Waals surface area (Å²) in [7, 11) is -3.94. The Hall–Kier alpha value is -2.40. The molecule has 0 bridgehead atoms. The van der Waals surface area contributed by atoms with Gasteiger partial charge in [-0.3, -0.25) is 10.2 Å². The van der Waals surface area contributed by atoms with E-state index in [1.165, 1.54) is 36.4 Å². The molecule has 8 heteroatoms. The van der Waals surface area contributed by atoms with Gasteiger partial charge in [0.15, 0.2) is 0 Å². The van der Waals surface area contributed by atoms with Crippen molar-refractivity contribution in [3.8, 4) is 6.07 Å². The molecule has 0 fully saturated rings. The molecule has 0 radical (unpaired) electrons. The zero-order valence-electron chi connectivity index (χ0n) is 11.1. The molecule has 2 aromatic carbocycles. The number of halogens is 1. The van der Waals surface area contributed by atoms with Crippen molar-refractivity contribution in [2.24, 2.45) is 0 Å². The molecule has 0 unspecified atom stereocenters. The summed E-state index contributed by atoms with van der Waals surface area (Å²) >= 11 is 5.85. The Kier molecular flexibility index (Phi) is 4.78. The van der Waals surface area contributed by atoms with E-state index in [1.807, 2.05) is 10.9 Å². The number of hydrogen-bond donors (Lipinski definition) is 2. The molecule has 22 heavy (non-hydrogen) atoms. The summed E-state index contributed by atoms with van der Waals surface area (Å²) in [6.45, 7) is 0. The van der Waals surface area contributed by atoms with Crippen molar-refractivity contribution in [3.63, 3.8) is 0 Å². The highest BCUT2D eigenvalue weighted by molar-refractivity contribution is 7.89. The highest BCUT2D eigenvalue weighted by Crippen LogP contribution is 2.14. The molecule has 0 aliphatic heterocycles. The van der Waals surface area contributed by atoms with Gasteiger partial charge in [-0.15, -0.1) is 4.83 Å². The van der Waals surface area contributed by atoms with E-state index in [0.29, 0.717) is 5.56 Å². The third-order valence-corrected chi connectivity index (χ3v) is 4.30. The van der Waals surface area contributed by atoms with E-state index < -0.39 is 15.9 Å². The Bertz CT molecular complexity index is 842. The van der Waals surface area contributed by atoms with Crippen molar-refractivity contribution in [3.05, 3.63) is 64.7 Å². The molecule has 112 valence electrons. The van der Waals surface area contributed by atoms with Gasteiger partial charge in [-0.2, -0.15) is 5.26 Å². The molecule has 0 atom stereocenters. The molecule has 0 spiro atoms. The maximum Gasteiger partial charge on any atom is 0.267 e. The molecule has 0 aliphatic rings. The van der Waals surface area contributed by atoms with Gasteiger partial charge >= 0.3 is 0 Å². The van der Waals surface area contributed by atoms with Gasteiger partial charge in [0, 0.05) is 0 Å². The molecule has 1 amide bonds. The van der Waals surface area contributed by atoms with Gasteiger partial charge in [0.05, 0.1) is 27.1 Å². The van der Waals surface area contributed by atoms with Gasteiger partial charge in [0.2, 0.25) is 0 Å². The molecule has 2 N–H and O–H groups in total. The van der Waals surface area contributed by atoms with E-state index in [4.69, 9.17) is 16.9 Å². The van der Waals surface area contributed by atoms with Crippen LogP contribution in [0.15, 0.2) is 53.4 Å². The standard InChI is InChI=1S/C14H10ClN3O3S/c15-13-4-2-1-3-12(13)14(19)17-18-22(20,21)11-7-5-10(9-16)6-8-11/h1-8,18H,(H,17,19). The third-order valence-electron chi connectivity index (χ3n) is 2.71. The first-order valence-electron chi connectivity index (χ1n) is 6.01. The second kappa shape index (κ2) is 6.58. The summed E-state index contributed by atoms with van der Waals surface area (Å²) in [5.41, 5.74) is 2.56. The number of benzene rings is 2. The van der Waals surface area contributed by atoms with Crippen LogP contribution in [0.4, 0.5) is 0 Å². The highest BCUT2D eigenvalue weighted by atomic mass is 35.5. The van der Waals surface area contributed by atoms with E-state index in [1.54, 1.807) is 12.1 Å². The van der Waals surface area contributed by atoms with Crippen LogP contribution in [0, 0.1) is 11.3 Å². The molecule has 0 heterocycles. The van der Waals surface area contributed by atoms with Crippen LogP contribution in [-0.2, 0) is 10.0 Å². The van der Waals surface area contributed by atoms with Crippen LogP contribution in [0.25, 0.3) is 0 Å². The lowest BCUT2D eigenvalue weighted by atomic mass is 10.2. The SMILES string of the molecule is N#Cc1ccc(S(=O)(=O)NNC(=O)c2ccccc2Cl)cc1. The van der Waals surface area contributed by atoms with Crippen LogP contribution >= 0.6 is 11.6 Å².